The Bertz CT molecular complexity index is 767. The van der Waals surface area contributed by atoms with Crippen molar-refractivity contribution in [1.29, 1.82) is 0 Å². The summed E-state index contributed by atoms with van der Waals surface area (Å²) >= 11 is 1.66. The van der Waals surface area contributed by atoms with Crippen LogP contribution in [0.25, 0.3) is 0 Å². The zero-order valence-electron chi connectivity index (χ0n) is 19.7. The molecule has 0 heterocycles. The van der Waals surface area contributed by atoms with Crippen molar-refractivity contribution >= 4 is 11.8 Å². The number of benzene rings is 1. The van der Waals surface area contributed by atoms with Crippen LogP contribution in [-0.4, -0.2) is 19.0 Å². The maximum atomic E-state index is 4.40. The molecule has 0 bridgehead atoms. The van der Waals surface area contributed by atoms with Gasteiger partial charge in [0.05, 0.1) is 5.03 Å². The number of hydrogen-bond acceptors (Lipinski definition) is 3. The topological polar surface area (TPSA) is 15.3 Å². The average Bonchev–Trinajstić information content (AvgIpc) is 2.74. The third-order valence-electron chi connectivity index (χ3n) is 5.31. The van der Waals surface area contributed by atoms with Crippen LogP contribution >= 0.6 is 11.8 Å². The summed E-state index contributed by atoms with van der Waals surface area (Å²) in [5, 5.41) is 6.22. The van der Waals surface area contributed by atoms with Gasteiger partial charge in [0.25, 0.3) is 0 Å². The molecule has 0 spiro atoms. The normalized spacial score (nSPS) is 11.0. The molecule has 0 saturated heterocycles. The third-order valence-corrected chi connectivity index (χ3v) is 6.31. The fourth-order valence-electron chi connectivity index (χ4n) is 3.18. The summed E-state index contributed by atoms with van der Waals surface area (Å²) in [4.78, 5) is 2.18. The maximum Gasteiger partial charge on any atom is 0.0648 e. The monoisotopic (exact) mass is 424 g/mol. The van der Waals surface area contributed by atoms with E-state index in [2.05, 4.69) is 93.5 Å². The first-order valence-corrected chi connectivity index (χ1v) is 11.6. The summed E-state index contributed by atoms with van der Waals surface area (Å²) in [6.45, 7) is 19.2. The molecule has 1 N–H and O–H groups in total. The van der Waals surface area contributed by atoms with Gasteiger partial charge in [-0.1, -0.05) is 73.0 Å². The van der Waals surface area contributed by atoms with Crippen LogP contribution < -0.4 is 5.32 Å². The van der Waals surface area contributed by atoms with Gasteiger partial charge in [-0.3, -0.25) is 0 Å². The van der Waals surface area contributed by atoms with Gasteiger partial charge in [0.1, 0.15) is 0 Å². The van der Waals surface area contributed by atoms with E-state index >= 15 is 0 Å². The smallest absolute Gasteiger partial charge is 0.0648 e. The van der Waals surface area contributed by atoms with Gasteiger partial charge in [-0.05, 0) is 75.8 Å². The molecule has 164 valence electrons. The van der Waals surface area contributed by atoms with Crippen LogP contribution in [0.2, 0.25) is 0 Å². The summed E-state index contributed by atoms with van der Waals surface area (Å²) < 4.78 is 0. The van der Waals surface area contributed by atoms with Gasteiger partial charge in [-0.15, -0.1) is 0 Å². The molecule has 0 saturated carbocycles. The second kappa shape index (κ2) is 14.0. The Labute approximate surface area is 189 Å². The molecule has 1 rings (SSSR count). The Kier molecular flexibility index (Phi) is 12.1. The van der Waals surface area contributed by atoms with Crippen LogP contribution in [0.3, 0.4) is 0 Å². The van der Waals surface area contributed by atoms with Crippen LogP contribution in [0.4, 0.5) is 0 Å². The Hall–Kier alpha value is -2.13. The molecule has 2 nitrogen and oxygen atoms in total. The molecule has 0 atom stereocenters. The Morgan fingerprint density at radius 2 is 1.63 bits per heavy atom. The molecule has 0 aromatic heterocycles. The highest BCUT2D eigenvalue weighted by atomic mass is 32.2. The first-order chi connectivity index (χ1) is 14.3. The lowest BCUT2D eigenvalue weighted by Crippen LogP contribution is -2.18. The molecule has 30 heavy (non-hydrogen) atoms. The van der Waals surface area contributed by atoms with E-state index in [-0.39, 0.29) is 0 Å². The Morgan fingerprint density at radius 3 is 2.23 bits per heavy atom. The molecule has 0 radical (unpaired) electrons. The fourth-order valence-corrected chi connectivity index (χ4v) is 3.76. The van der Waals surface area contributed by atoms with Gasteiger partial charge in [0.15, 0.2) is 0 Å². The summed E-state index contributed by atoms with van der Waals surface area (Å²) in [7, 11) is 4.00. The summed E-state index contributed by atoms with van der Waals surface area (Å²) in [5.41, 5.74) is 7.64. The SMILES string of the molecule is C=C(NC)S/C=C(\C)CCCCC(=C)N(C)C(=C)C(CCc1ccccc1)=C(C)C. The average molecular weight is 425 g/mol. The number of nitrogens with zero attached hydrogens (tertiary/aromatic N) is 1. The Morgan fingerprint density at radius 1 is 1.00 bits per heavy atom. The number of aryl methyl sites for hydroxylation is 1. The number of thioether (sulfide) groups is 1. The predicted molar refractivity (Wildman–Crippen MR) is 137 cm³/mol. The van der Waals surface area contributed by atoms with Gasteiger partial charge in [0.2, 0.25) is 0 Å². The number of rotatable bonds is 14. The zero-order valence-corrected chi connectivity index (χ0v) is 20.5. The molecular weight excluding hydrogens is 384 g/mol. The molecule has 0 fully saturated rings. The maximum absolute atomic E-state index is 4.40. The van der Waals surface area contributed by atoms with E-state index in [0.717, 1.165) is 54.9 Å². The molecule has 0 unspecified atom stereocenters. The van der Waals surface area contributed by atoms with Crippen molar-refractivity contribution in [2.24, 2.45) is 0 Å². The van der Waals surface area contributed by atoms with Crippen molar-refractivity contribution in [3.63, 3.8) is 0 Å². The van der Waals surface area contributed by atoms with Gasteiger partial charge in [0, 0.05) is 25.5 Å². The quantitative estimate of drug-likeness (QED) is 0.242. The van der Waals surface area contributed by atoms with Crippen LogP contribution in [0, 0.1) is 0 Å². The molecule has 3 heteroatoms. The highest BCUT2D eigenvalue weighted by Gasteiger charge is 2.12. The second-order valence-electron chi connectivity index (χ2n) is 8.00. The van der Waals surface area contributed by atoms with Crippen molar-refractivity contribution in [1.82, 2.24) is 10.2 Å². The standard InChI is InChI=1S/C27H40N2S/c1-21(2)27(19-18-26-16-10-9-11-17-26)24(5)29(8)23(4)15-13-12-14-22(3)20-30-25(6)28-7/h9-11,16-17,20,28H,4-6,12-15,18-19H2,1-3,7-8H3/b22-20+. The number of hydrogen-bond donors (Lipinski definition) is 1. The zero-order chi connectivity index (χ0) is 22.5. The number of nitrogens with one attached hydrogen (secondary N) is 1. The third kappa shape index (κ3) is 9.58. The Balaban J connectivity index is 2.50. The molecule has 0 aliphatic carbocycles. The van der Waals surface area contributed by atoms with Crippen molar-refractivity contribution in [3.05, 3.63) is 94.2 Å². The summed E-state index contributed by atoms with van der Waals surface area (Å²) in [6.07, 6.45) is 6.43. The van der Waals surface area contributed by atoms with Crippen molar-refractivity contribution < 1.29 is 0 Å². The predicted octanol–water partition coefficient (Wildman–Crippen LogP) is 7.80. The van der Waals surface area contributed by atoms with E-state index in [0.29, 0.717) is 0 Å². The molecule has 0 amide bonds. The van der Waals surface area contributed by atoms with Crippen molar-refractivity contribution in [2.75, 3.05) is 14.1 Å². The summed E-state index contributed by atoms with van der Waals surface area (Å²) in [6, 6.07) is 10.7. The van der Waals surface area contributed by atoms with Gasteiger partial charge < -0.3 is 10.2 Å². The number of likely N-dealkylation sites (N-methyl/N-ethyl adjacent to an activating group) is 1. The first kappa shape index (κ1) is 25.9. The second-order valence-corrected chi connectivity index (χ2v) is 8.96. The van der Waals surface area contributed by atoms with Crippen LogP contribution in [-0.2, 0) is 6.42 Å². The minimum atomic E-state index is 0.977. The fraction of sp³-hybridized carbons (Fsp3) is 0.407. The number of unbranched alkanes of at least 4 members (excludes halogenated alkanes) is 1. The van der Waals surface area contributed by atoms with Crippen LogP contribution in [0.15, 0.2) is 88.6 Å². The summed E-state index contributed by atoms with van der Waals surface area (Å²) in [5.74, 6) is 0. The van der Waals surface area contributed by atoms with E-state index in [1.54, 1.807) is 11.8 Å². The molecule has 0 aliphatic heterocycles. The molecule has 1 aromatic carbocycles. The lowest BCUT2D eigenvalue weighted by molar-refractivity contribution is 0.490. The van der Waals surface area contributed by atoms with Gasteiger partial charge in [-0.25, -0.2) is 0 Å². The minimum absolute atomic E-state index is 0.977. The van der Waals surface area contributed by atoms with Crippen molar-refractivity contribution in [2.45, 2.75) is 59.3 Å². The number of allylic oxidation sites excluding steroid dienone is 4. The van der Waals surface area contributed by atoms with E-state index < -0.39 is 0 Å². The molecular formula is C27H40N2S. The minimum Gasteiger partial charge on any atom is -0.383 e. The van der Waals surface area contributed by atoms with Gasteiger partial charge >= 0.3 is 0 Å². The first-order valence-electron chi connectivity index (χ1n) is 10.8. The highest BCUT2D eigenvalue weighted by molar-refractivity contribution is 8.05. The van der Waals surface area contributed by atoms with Gasteiger partial charge in [-0.2, -0.15) is 0 Å². The molecule has 0 aliphatic rings. The van der Waals surface area contributed by atoms with E-state index in [9.17, 15) is 0 Å². The van der Waals surface area contributed by atoms with E-state index in [1.165, 1.54) is 22.3 Å². The van der Waals surface area contributed by atoms with Crippen LogP contribution in [0.1, 0.15) is 58.4 Å². The van der Waals surface area contributed by atoms with Crippen LogP contribution in [0.5, 0.6) is 0 Å². The molecule has 1 aromatic rings. The lowest BCUT2D eigenvalue weighted by atomic mass is 9.98. The highest BCUT2D eigenvalue weighted by Crippen LogP contribution is 2.26. The van der Waals surface area contributed by atoms with E-state index in [4.69, 9.17) is 0 Å². The largest absolute Gasteiger partial charge is 0.383 e. The van der Waals surface area contributed by atoms with E-state index in [1.807, 2.05) is 7.05 Å². The van der Waals surface area contributed by atoms with Crippen molar-refractivity contribution in [3.8, 4) is 0 Å². The lowest BCUT2D eigenvalue weighted by Gasteiger charge is -2.27.